The van der Waals surface area contributed by atoms with Crippen LogP contribution < -0.4 is 10.3 Å². The van der Waals surface area contributed by atoms with E-state index in [1.54, 1.807) is 26.2 Å². The van der Waals surface area contributed by atoms with Crippen molar-refractivity contribution in [3.63, 3.8) is 0 Å². The first kappa shape index (κ1) is 19.3. The highest BCUT2D eigenvalue weighted by molar-refractivity contribution is 9.10. The minimum Gasteiger partial charge on any atom is -0.497 e. The van der Waals surface area contributed by atoms with Crippen LogP contribution in [0, 0.1) is 6.92 Å². The summed E-state index contributed by atoms with van der Waals surface area (Å²) < 4.78 is 7.57. The number of aryl methyl sites for hydroxylation is 1. The monoisotopic (exact) mass is 469 g/mol. The molecule has 2 aromatic heterocycles. The van der Waals surface area contributed by atoms with Crippen molar-refractivity contribution < 1.29 is 4.74 Å². The Morgan fingerprint density at radius 1 is 1.17 bits per heavy atom. The number of H-pyrrole nitrogens is 1. The van der Waals surface area contributed by atoms with Crippen molar-refractivity contribution in [2.45, 2.75) is 6.92 Å². The molecule has 0 fully saturated rings. The van der Waals surface area contributed by atoms with E-state index >= 15 is 0 Å². The van der Waals surface area contributed by atoms with Gasteiger partial charge in [-0.15, -0.1) is 16.5 Å². The molecule has 1 N–H and O–H groups in total. The van der Waals surface area contributed by atoms with Gasteiger partial charge in [-0.25, -0.2) is 4.98 Å². The fourth-order valence-electron chi connectivity index (χ4n) is 2.69. The fourth-order valence-corrected chi connectivity index (χ4v) is 3.75. The van der Waals surface area contributed by atoms with Gasteiger partial charge in [0.05, 0.1) is 24.2 Å². The standard InChI is InChI=1S/C20H16BrN5O2S/c1-12-18(24-23-15-4-3-5-16(10-15)28-2)19(27)26(25-12)20-22-17(11-29-20)13-6-8-14(21)9-7-13/h3-11,25H,1-2H3. The number of thiazole rings is 1. The van der Waals surface area contributed by atoms with Gasteiger partial charge in [0.2, 0.25) is 5.13 Å². The molecular weight excluding hydrogens is 454 g/mol. The first-order chi connectivity index (χ1) is 14.0. The van der Waals surface area contributed by atoms with Gasteiger partial charge < -0.3 is 4.74 Å². The Kier molecular flexibility index (Phi) is 5.41. The van der Waals surface area contributed by atoms with Gasteiger partial charge in [-0.2, -0.15) is 9.80 Å². The zero-order valence-corrected chi connectivity index (χ0v) is 18.0. The third-order valence-corrected chi connectivity index (χ3v) is 5.54. The largest absolute Gasteiger partial charge is 0.497 e. The number of nitrogens with zero attached hydrogens (tertiary/aromatic N) is 4. The van der Waals surface area contributed by atoms with Crippen LogP contribution in [0.25, 0.3) is 16.4 Å². The third kappa shape index (κ3) is 4.06. The van der Waals surface area contributed by atoms with E-state index in [-0.39, 0.29) is 11.2 Å². The van der Waals surface area contributed by atoms with Gasteiger partial charge in [-0.1, -0.05) is 34.1 Å². The van der Waals surface area contributed by atoms with Crippen LogP contribution in [-0.2, 0) is 0 Å². The van der Waals surface area contributed by atoms with Crippen molar-refractivity contribution in [1.82, 2.24) is 14.8 Å². The second-order valence-corrected chi connectivity index (χ2v) is 7.90. The highest BCUT2D eigenvalue weighted by Crippen LogP contribution is 2.26. The predicted octanol–water partition coefficient (Wildman–Crippen LogP) is 5.78. The summed E-state index contributed by atoms with van der Waals surface area (Å²) in [5.74, 6) is 0.674. The Balaban J connectivity index is 1.64. The highest BCUT2D eigenvalue weighted by Gasteiger charge is 2.15. The molecule has 9 heteroatoms. The molecule has 0 radical (unpaired) electrons. The van der Waals surface area contributed by atoms with Crippen LogP contribution in [0.4, 0.5) is 11.4 Å². The normalized spacial score (nSPS) is 11.3. The molecule has 4 rings (SSSR count). The minimum absolute atomic E-state index is 0.244. The van der Waals surface area contributed by atoms with Crippen LogP contribution in [0.1, 0.15) is 5.69 Å². The summed E-state index contributed by atoms with van der Waals surface area (Å²) in [4.78, 5) is 17.4. The maximum Gasteiger partial charge on any atom is 0.301 e. The topological polar surface area (TPSA) is 84.6 Å². The smallest absolute Gasteiger partial charge is 0.301 e. The van der Waals surface area contributed by atoms with Crippen molar-refractivity contribution in [3.05, 3.63) is 74.4 Å². The second kappa shape index (κ2) is 8.14. The molecule has 0 spiro atoms. The summed E-state index contributed by atoms with van der Waals surface area (Å²) in [6.07, 6.45) is 0. The molecule has 0 bridgehead atoms. The van der Waals surface area contributed by atoms with E-state index < -0.39 is 0 Å². The summed E-state index contributed by atoms with van der Waals surface area (Å²) in [6, 6.07) is 15.0. The lowest BCUT2D eigenvalue weighted by Crippen LogP contribution is -2.13. The lowest BCUT2D eigenvalue weighted by atomic mass is 10.2. The number of methoxy groups -OCH3 is 1. The minimum atomic E-state index is -0.300. The average Bonchev–Trinajstić information content (AvgIpc) is 3.32. The van der Waals surface area contributed by atoms with Crippen LogP contribution in [0.5, 0.6) is 5.75 Å². The first-order valence-electron chi connectivity index (χ1n) is 8.64. The Morgan fingerprint density at radius 3 is 2.72 bits per heavy atom. The molecule has 0 atom stereocenters. The number of halogens is 1. The van der Waals surface area contributed by atoms with Crippen LogP contribution in [0.15, 0.2) is 73.4 Å². The number of nitrogens with one attached hydrogen (secondary N) is 1. The van der Waals surface area contributed by atoms with Crippen LogP contribution in [0.3, 0.4) is 0 Å². The molecule has 2 heterocycles. The molecule has 0 aliphatic carbocycles. The van der Waals surface area contributed by atoms with E-state index in [1.165, 1.54) is 16.0 Å². The number of benzene rings is 2. The van der Waals surface area contributed by atoms with Gasteiger partial charge in [0.1, 0.15) is 5.75 Å². The number of aromatic nitrogens is 3. The molecule has 0 aliphatic rings. The van der Waals surface area contributed by atoms with E-state index in [9.17, 15) is 4.79 Å². The number of hydrogen-bond donors (Lipinski definition) is 1. The molecule has 0 amide bonds. The summed E-state index contributed by atoms with van der Waals surface area (Å²) in [6.45, 7) is 1.78. The van der Waals surface area contributed by atoms with Gasteiger partial charge in [0.15, 0.2) is 5.69 Å². The van der Waals surface area contributed by atoms with Crippen LogP contribution in [0.2, 0.25) is 0 Å². The van der Waals surface area contributed by atoms with Gasteiger partial charge in [-0.05, 0) is 31.2 Å². The molecule has 4 aromatic rings. The van der Waals surface area contributed by atoms with E-state index in [4.69, 9.17) is 4.74 Å². The molecule has 0 saturated carbocycles. The van der Waals surface area contributed by atoms with E-state index in [1.807, 2.05) is 41.8 Å². The maximum atomic E-state index is 12.8. The molecule has 146 valence electrons. The van der Waals surface area contributed by atoms with Crippen LogP contribution >= 0.6 is 27.3 Å². The van der Waals surface area contributed by atoms with Gasteiger partial charge >= 0.3 is 5.56 Å². The van der Waals surface area contributed by atoms with Gasteiger partial charge in [0, 0.05) is 21.5 Å². The Labute approximate surface area is 178 Å². The summed E-state index contributed by atoms with van der Waals surface area (Å²) in [5, 5.41) is 13.8. The number of hydrogen-bond acceptors (Lipinski definition) is 6. The summed E-state index contributed by atoms with van der Waals surface area (Å²) in [5.41, 5.74) is 2.94. The summed E-state index contributed by atoms with van der Waals surface area (Å²) >= 11 is 4.80. The zero-order valence-electron chi connectivity index (χ0n) is 15.6. The molecule has 29 heavy (non-hydrogen) atoms. The van der Waals surface area contributed by atoms with Crippen molar-refractivity contribution in [2.75, 3.05) is 7.11 Å². The predicted molar refractivity (Wildman–Crippen MR) is 117 cm³/mol. The third-order valence-electron chi connectivity index (χ3n) is 4.18. The maximum absolute atomic E-state index is 12.8. The molecule has 7 nitrogen and oxygen atoms in total. The second-order valence-electron chi connectivity index (χ2n) is 6.15. The van der Waals surface area contributed by atoms with E-state index in [0.29, 0.717) is 22.3 Å². The molecular formula is C20H16BrN5O2S. The Bertz CT molecular complexity index is 1240. The molecule has 0 aliphatic heterocycles. The summed E-state index contributed by atoms with van der Waals surface area (Å²) in [7, 11) is 1.59. The number of ether oxygens (including phenoxy) is 1. The lowest BCUT2D eigenvalue weighted by molar-refractivity contribution is 0.415. The Hall–Kier alpha value is -3.04. The SMILES string of the molecule is COc1cccc(N=Nc2c(C)[nH]n(-c3nc(-c4ccc(Br)cc4)cs3)c2=O)c1. The van der Waals surface area contributed by atoms with Crippen LogP contribution in [-0.4, -0.2) is 21.9 Å². The molecule has 2 aromatic carbocycles. The van der Waals surface area contributed by atoms with Crippen molar-refractivity contribution >= 4 is 38.6 Å². The van der Waals surface area contributed by atoms with Crippen molar-refractivity contribution in [1.29, 1.82) is 0 Å². The lowest BCUT2D eigenvalue weighted by Gasteiger charge is -1.98. The van der Waals surface area contributed by atoms with E-state index in [2.05, 4.69) is 36.2 Å². The first-order valence-corrected chi connectivity index (χ1v) is 10.3. The molecule has 0 unspecified atom stereocenters. The fraction of sp³-hybridized carbons (Fsp3) is 0.100. The van der Waals surface area contributed by atoms with Crippen molar-refractivity contribution in [2.24, 2.45) is 10.2 Å². The van der Waals surface area contributed by atoms with E-state index in [0.717, 1.165) is 15.7 Å². The number of azo groups is 1. The average molecular weight is 470 g/mol. The Morgan fingerprint density at radius 2 is 1.97 bits per heavy atom. The highest BCUT2D eigenvalue weighted by atomic mass is 79.9. The quantitative estimate of drug-likeness (QED) is 0.375. The molecule has 0 saturated heterocycles. The number of rotatable bonds is 5. The van der Waals surface area contributed by atoms with Gasteiger partial charge in [0.25, 0.3) is 0 Å². The zero-order chi connectivity index (χ0) is 20.4. The van der Waals surface area contributed by atoms with Gasteiger partial charge in [-0.3, -0.25) is 9.89 Å². The van der Waals surface area contributed by atoms with Crippen molar-refractivity contribution in [3.8, 4) is 22.1 Å². The number of aromatic amines is 1.